The van der Waals surface area contributed by atoms with Crippen LogP contribution in [0.3, 0.4) is 0 Å². The standard InChI is InChI=1S/C14H18Cl2N2O3S/c1-22(20,21)18-7-3-6-17(8-9-18)14(19)10-11-12(15)4-2-5-13(11)16/h2,4-5H,3,6-10H2,1H3. The van der Waals surface area contributed by atoms with Crippen molar-refractivity contribution in [2.24, 2.45) is 0 Å². The van der Waals surface area contributed by atoms with Gasteiger partial charge < -0.3 is 4.90 Å². The maximum Gasteiger partial charge on any atom is 0.227 e. The first kappa shape index (κ1) is 17.5. The molecular weight excluding hydrogens is 347 g/mol. The van der Waals surface area contributed by atoms with Gasteiger partial charge in [0.1, 0.15) is 0 Å². The molecule has 0 atom stereocenters. The summed E-state index contributed by atoms with van der Waals surface area (Å²) in [6.45, 7) is 1.68. The van der Waals surface area contributed by atoms with Crippen LogP contribution in [-0.2, 0) is 21.2 Å². The Labute approximate surface area is 140 Å². The molecule has 1 aromatic carbocycles. The van der Waals surface area contributed by atoms with E-state index in [2.05, 4.69) is 0 Å². The Hall–Kier alpha value is -0.820. The molecule has 1 aliphatic rings. The van der Waals surface area contributed by atoms with Crippen molar-refractivity contribution >= 4 is 39.1 Å². The van der Waals surface area contributed by atoms with Crippen molar-refractivity contribution in [3.05, 3.63) is 33.8 Å². The van der Waals surface area contributed by atoms with Crippen LogP contribution >= 0.6 is 23.2 Å². The number of sulfonamides is 1. The Morgan fingerprint density at radius 1 is 1.14 bits per heavy atom. The van der Waals surface area contributed by atoms with Gasteiger partial charge in [0.2, 0.25) is 15.9 Å². The molecule has 8 heteroatoms. The van der Waals surface area contributed by atoms with Crippen molar-refractivity contribution in [3.63, 3.8) is 0 Å². The molecule has 2 rings (SSSR count). The SMILES string of the molecule is CS(=O)(=O)N1CCCN(C(=O)Cc2c(Cl)cccc2Cl)CC1. The quantitative estimate of drug-likeness (QED) is 0.824. The third kappa shape index (κ3) is 4.35. The number of hydrogen-bond acceptors (Lipinski definition) is 3. The van der Waals surface area contributed by atoms with Gasteiger partial charge in [-0.25, -0.2) is 12.7 Å². The normalized spacial score (nSPS) is 17.3. The molecule has 5 nitrogen and oxygen atoms in total. The average Bonchev–Trinajstić information content (AvgIpc) is 2.68. The van der Waals surface area contributed by atoms with E-state index < -0.39 is 10.0 Å². The predicted molar refractivity (Wildman–Crippen MR) is 87.8 cm³/mol. The van der Waals surface area contributed by atoms with Crippen molar-refractivity contribution in [1.29, 1.82) is 0 Å². The highest BCUT2D eigenvalue weighted by Crippen LogP contribution is 2.25. The molecule has 0 aliphatic carbocycles. The van der Waals surface area contributed by atoms with E-state index in [1.54, 1.807) is 23.1 Å². The minimum atomic E-state index is -3.22. The first-order valence-electron chi connectivity index (χ1n) is 6.95. The second-order valence-corrected chi connectivity index (χ2v) is 8.07. The number of carbonyl (C=O) groups excluding carboxylic acids is 1. The van der Waals surface area contributed by atoms with E-state index in [9.17, 15) is 13.2 Å². The molecule has 1 saturated heterocycles. The molecular formula is C14H18Cl2N2O3S. The summed E-state index contributed by atoms with van der Waals surface area (Å²) in [4.78, 5) is 14.1. The topological polar surface area (TPSA) is 57.7 Å². The summed E-state index contributed by atoms with van der Waals surface area (Å²) in [5, 5.41) is 0.932. The van der Waals surface area contributed by atoms with E-state index >= 15 is 0 Å². The average molecular weight is 365 g/mol. The van der Waals surface area contributed by atoms with Gasteiger partial charge in [-0.05, 0) is 24.1 Å². The molecule has 0 saturated carbocycles. The van der Waals surface area contributed by atoms with Crippen molar-refractivity contribution in [2.75, 3.05) is 32.4 Å². The summed E-state index contributed by atoms with van der Waals surface area (Å²) < 4.78 is 24.6. The molecule has 1 heterocycles. The van der Waals surface area contributed by atoms with E-state index in [0.29, 0.717) is 48.2 Å². The number of halogens is 2. The fraction of sp³-hybridized carbons (Fsp3) is 0.500. The minimum absolute atomic E-state index is 0.0923. The first-order chi connectivity index (χ1) is 10.3. The van der Waals surface area contributed by atoms with Crippen molar-refractivity contribution in [2.45, 2.75) is 12.8 Å². The summed E-state index contributed by atoms with van der Waals surface area (Å²) in [6, 6.07) is 5.13. The Kier molecular flexibility index (Phi) is 5.71. The summed E-state index contributed by atoms with van der Waals surface area (Å²) >= 11 is 12.2. The smallest absolute Gasteiger partial charge is 0.227 e. The van der Waals surface area contributed by atoms with Crippen LogP contribution in [0.5, 0.6) is 0 Å². The van der Waals surface area contributed by atoms with Gasteiger partial charge in [0.25, 0.3) is 0 Å². The monoisotopic (exact) mass is 364 g/mol. The highest BCUT2D eigenvalue weighted by Gasteiger charge is 2.24. The fourth-order valence-electron chi connectivity index (χ4n) is 2.44. The van der Waals surface area contributed by atoms with Crippen LogP contribution in [0.4, 0.5) is 0 Å². The van der Waals surface area contributed by atoms with Crippen LogP contribution in [-0.4, -0.2) is 56.0 Å². The number of hydrogen-bond donors (Lipinski definition) is 0. The van der Waals surface area contributed by atoms with Crippen LogP contribution in [0.25, 0.3) is 0 Å². The molecule has 1 amide bonds. The van der Waals surface area contributed by atoms with Gasteiger partial charge in [-0.1, -0.05) is 29.3 Å². The van der Waals surface area contributed by atoms with E-state index in [4.69, 9.17) is 23.2 Å². The van der Waals surface area contributed by atoms with Crippen LogP contribution in [0, 0.1) is 0 Å². The van der Waals surface area contributed by atoms with Crippen molar-refractivity contribution < 1.29 is 13.2 Å². The van der Waals surface area contributed by atoms with Crippen LogP contribution < -0.4 is 0 Å². The lowest BCUT2D eigenvalue weighted by atomic mass is 10.1. The molecule has 0 radical (unpaired) electrons. The lowest BCUT2D eigenvalue weighted by molar-refractivity contribution is -0.130. The van der Waals surface area contributed by atoms with Gasteiger partial charge in [-0.15, -0.1) is 0 Å². The summed E-state index contributed by atoms with van der Waals surface area (Å²) in [5.41, 5.74) is 0.611. The summed E-state index contributed by atoms with van der Waals surface area (Å²) in [5.74, 6) is -0.0923. The molecule has 122 valence electrons. The Morgan fingerprint density at radius 3 is 2.36 bits per heavy atom. The molecule has 1 fully saturated rings. The van der Waals surface area contributed by atoms with Gasteiger partial charge >= 0.3 is 0 Å². The molecule has 1 aliphatic heterocycles. The van der Waals surface area contributed by atoms with E-state index in [1.165, 1.54) is 10.6 Å². The number of benzene rings is 1. The number of nitrogens with zero attached hydrogens (tertiary/aromatic N) is 2. The molecule has 22 heavy (non-hydrogen) atoms. The molecule has 0 unspecified atom stereocenters. The third-order valence-corrected chi connectivity index (χ3v) is 5.68. The Morgan fingerprint density at radius 2 is 1.77 bits per heavy atom. The number of carbonyl (C=O) groups is 1. The van der Waals surface area contributed by atoms with Crippen LogP contribution in [0.1, 0.15) is 12.0 Å². The van der Waals surface area contributed by atoms with Crippen LogP contribution in [0.15, 0.2) is 18.2 Å². The van der Waals surface area contributed by atoms with Gasteiger partial charge in [0, 0.05) is 36.2 Å². The second kappa shape index (κ2) is 7.17. The van der Waals surface area contributed by atoms with Crippen LogP contribution in [0.2, 0.25) is 10.0 Å². The second-order valence-electron chi connectivity index (χ2n) is 5.27. The van der Waals surface area contributed by atoms with E-state index in [0.717, 1.165) is 0 Å². The Bertz CT molecular complexity index is 644. The molecule has 1 aromatic rings. The first-order valence-corrected chi connectivity index (χ1v) is 9.55. The van der Waals surface area contributed by atoms with Gasteiger partial charge in [0.15, 0.2) is 0 Å². The lowest BCUT2D eigenvalue weighted by Gasteiger charge is -2.21. The van der Waals surface area contributed by atoms with E-state index in [1.807, 2.05) is 0 Å². The molecule has 0 aromatic heterocycles. The zero-order chi connectivity index (χ0) is 16.3. The summed E-state index contributed by atoms with van der Waals surface area (Å²) in [6.07, 6.45) is 1.93. The van der Waals surface area contributed by atoms with Gasteiger partial charge in [-0.3, -0.25) is 4.79 Å². The predicted octanol–water partition coefficient (Wildman–Crippen LogP) is 2.03. The fourth-order valence-corrected chi connectivity index (χ4v) is 3.84. The minimum Gasteiger partial charge on any atom is -0.341 e. The molecule has 0 spiro atoms. The number of amides is 1. The molecule has 0 N–H and O–H groups in total. The zero-order valence-corrected chi connectivity index (χ0v) is 14.6. The van der Waals surface area contributed by atoms with Gasteiger partial charge in [-0.2, -0.15) is 0 Å². The lowest BCUT2D eigenvalue weighted by Crippen LogP contribution is -2.37. The maximum absolute atomic E-state index is 12.4. The highest BCUT2D eigenvalue weighted by atomic mass is 35.5. The largest absolute Gasteiger partial charge is 0.341 e. The zero-order valence-electron chi connectivity index (χ0n) is 12.3. The highest BCUT2D eigenvalue weighted by molar-refractivity contribution is 7.88. The van der Waals surface area contributed by atoms with Gasteiger partial charge in [0.05, 0.1) is 12.7 Å². The Balaban J connectivity index is 2.05. The van der Waals surface area contributed by atoms with Crippen molar-refractivity contribution in [1.82, 2.24) is 9.21 Å². The van der Waals surface area contributed by atoms with Crippen molar-refractivity contribution in [3.8, 4) is 0 Å². The van der Waals surface area contributed by atoms with E-state index in [-0.39, 0.29) is 12.3 Å². The third-order valence-electron chi connectivity index (χ3n) is 3.67. The maximum atomic E-state index is 12.4. The number of rotatable bonds is 3. The molecule has 0 bridgehead atoms. The summed E-state index contributed by atoms with van der Waals surface area (Å²) in [7, 11) is -3.22.